The van der Waals surface area contributed by atoms with Crippen LogP contribution in [0.1, 0.15) is 63.6 Å². The Labute approximate surface area is 178 Å². The molecule has 0 saturated carbocycles. The van der Waals surface area contributed by atoms with E-state index < -0.39 is 23.6 Å². The van der Waals surface area contributed by atoms with Gasteiger partial charge in [0.1, 0.15) is 5.60 Å². The van der Waals surface area contributed by atoms with Gasteiger partial charge in [0.25, 0.3) is 5.91 Å². The van der Waals surface area contributed by atoms with Gasteiger partial charge in [0.05, 0.1) is 12.0 Å². The first kappa shape index (κ1) is 22.1. The van der Waals surface area contributed by atoms with Gasteiger partial charge in [-0.3, -0.25) is 9.59 Å². The van der Waals surface area contributed by atoms with E-state index in [1.165, 1.54) is 5.56 Å². The molecule has 0 aromatic heterocycles. The Bertz CT molecular complexity index is 786. The van der Waals surface area contributed by atoms with E-state index >= 15 is 0 Å². The Hall–Kier alpha value is -2.57. The van der Waals surface area contributed by atoms with E-state index in [9.17, 15) is 14.4 Å². The van der Waals surface area contributed by atoms with E-state index in [0.717, 1.165) is 24.8 Å². The number of esters is 1. The Balaban J connectivity index is 1.47. The third kappa shape index (κ3) is 5.97. The van der Waals surface area contributed by atoms with Crippen molar-refractivity contribution in [1.29, 1.82) is 0 Å². The van der Waals surface area contributed by atoms with Gasteiger partial charge in [-0.15, -0.1) is 0 Å². The van der Waals surface area contributed by atoms with Crippen LogP contribution in [-0.2, 0) is 25.5 Å². The number of hydrogen-bond donors (Lipinski definition) is 1. The largest absolute Gasteiger partial charge is 0.455 e. The lowest BCUT2D eigenvalue weighted by atomic mass is 9.88. The van der Waals surface area contributed by atoms with Crippen LogP contribution in [0, 0.1) is 5.92 Å². The number of carbonyl (C=O) groups excluding carboxylic acids is 3. The number of fused-ring (bicyclic) bond motifs is 1. The maximum Gasteiger partial charge on any atom is 0.410 e. The van der Waals surface area contributed by atoms with Crippen LogP contribution in [0.15, 0.2) is 24.3 Å². The zero-order valence-electron chi connectivity index (χ0n) is 18.1. The van der Waals surface area contributed by atoms with Crippen molar-refractivity contribution in [3.05, 3.63) is 35.4 Å². The summed E-state index contributed by atoms with van der Waals surface area (Å²) in [7, 11) is 0. The summed E-state index contributed by atoms with van der Waals surface area (Å²) in [6.45, 7) is 5.93. The van der Waals surface area contributed by atoms with Crippen molar-refractivity contribution in [3.63, 3.8) is 0 Å². The molecule has 2 atom stereocenters. The number of nitrogens with one attached hydrogen (secondary N) is 1. The highest BCUT2D eigenvalue weighted by Gasteiger charge is 2.32. The molecule has 2 amide bonds. The van der Waals surface area contributed by atoms with E-state index in [-0.39, 0.29) is 25.1 Å². The van der Waals surface area contributed by atoms with Crippen LogP contribution in [0.3, 0.4) is 0 Å². The van der Waals surface area contributed by atoms with E-state index in [1.807, 2.05) is 39.0 Å². The quantitative estimate of drug-likeness (QED) is 0.761. The van der Waals surface area contributed by atoms with E-state index in [2.05, 4.69) is 11.4 Å². The Kier molecular flexibility index (Phi) is 7.00. The molecule has 1 heterocycles. The van der Waals surface area contributed by atoms with Crippen molar-refractivity contribution in [2.75, 3.05) is 19.7 Å². The lowest BCUT2D eigenvalue weighted by Gasteiger charge is -2.33. The second-order valence-corrected chi connectivity index (χ2v) is 9.08. The number of benzene rings is 1. The molecule has 2 aliphatic rings. The Morgan fingerprint density at radius 3 is 2.67 bits per heavy atom. The molecule has 1 aliphatic carbocycles. The van der Waals surface area contributed by atoms with Crippen LogP contribution in [0.25, 0.3) is 0 Å². The van der Waals surface area contributed by atoms with Crippen LogP contribution in [0.2, 0.25) is 0 Å². The molecule has 0 radical (unpaired) electrons. The minimum atomic E-state index is -0.583. The number of carbonyl (C=O) groups is 3. The van der Waals surface area contributed by atoms with Gasteiger partial charge in [-0.1, -0.05) is 24.3 Å². The van der Waals surface area contributed by atoms with Gasteiger partial charge < -0.3 is 19.7 Å². The van der Waals surface area contributed by atoms with Crippen LogP contribution >= 0.6 is 0 Å². The van der Waals surface area contributed by atoms with E-state index in [1.54, 1.807) is 4.90 Å². The number of rotatable bonds is 4. The summed E-state index contributed by atoms with van der Waals surface area (Å²) in [6, 6.07) is 8.07. The molecule has 7 heteroatoms. The summed E-state index contributed by atoms with van der Waals surface area (Å²) >= 11 is 0. The monoisotopic (exact) mass is 416 g/mol. The SMILES string of the molecule is CC(C)(C)OC(=O)N1CCCC(C(=O)OCC(=O)NC2CCCc3ccccc32)C1. The zero-order valence-corrected chi connectivity index (χ0v) is 18.1. The fraction of sp³-hybridized carbons (Fsp3) is 0.609. The van der Waals surface area contributed by atoms with Crippen molar-refractivity contribution in [2.45, 2.75) is 64.5 Å². The lowest BCUT2D eigenvalue weighted by molar-refractivity contribution is -0.154. The third-order valence-corrected chi connectivity index (χ3v) is 5.46. The summed E-state index contributed by atoms with van der Waals surface area (Å²) in [5.74, 6) is -1.18. The van der Waals surface area contributed by atoms with Crippen LogP contribution < -0.4 is 5.32 Å². The summed E-state index contributed by atoms with van der Waals surface area (Å²) in [4.78, 5) is 38.6. The van der Waals surface area contributed by atoms with Gasteiger partial charge in [-0.25, -0.2) is 4.79 Å². The lowest BCUT2D eigenvalue weighted by Crippen LogP contribution is -2.45. The summed E-state index contributed by atoms with van der Waals surface area (Å²) in [5, 5.41) is 2.99. The molecule has 164 valence electrons. The molecule has 1 aromatic carbocycles. The number of hydrogen-bond acceptors (Lipinski definition) is 5. The normalized spacial score (nSPS) is 21.4. The minimum Gasteiger partial charge on any atom is -0.455 e. The van der Waals surface area contributed by atoms with Gasteiger partial charge in [-0.05, 0) is 64.0 Å². The predicted molar refractivity (Wildman–Crippen MR) is 112 cm³/mol. The fourth-order valence-electron chi connectivity index (χ4n) is 4.06. The maximum absolute atomic E-state index is 12.5. The van der Waals surface area contributed by atoms with Crippen molar-refractivity contribution < 1.29 is 23.9 Å². The number of aryl methyl sites for hydroxylation is 1. The van der Waals surface area contributed by atoms with Crippen LogP contribution in [0.4, 0.5) is 4.79 Å². The smallest absolute Gasteiger partial charge is 0.410 e. The number of nitrogens with zero attached hydrogens (tertiary/aromatic N) is 1. The first-order valence-electron chi connectivity index (χ1n) is 10.7. The minimum absolute atomic E-state index is 0.0431. The van der Waals surface area contributed by atoms with Crippen molar-refractivity contribution in [1.82, 2.24) is 10.2 Å². The average molecular weight is 417 g/mol. The number of ether oxygens (including phenoxy) is 2. The molecule has 7 nitrogen and oxygen atoms in total. The Morgan fingerprint density at radius 2 is 1.90 bits per heavy atom. The van der Waals surface area contributed by atoms with E-state index in [0.29, 0.717) is 19.4 Å². The fourth-order valence-corrected chi connectivity index (χ4v) is 4.06. The number of piperidine rings is 1. The molecule has 1 aliphatic heterocycles. The second kappa shape index (κ2) is 9.49. The van der Waals surface area contributed by atoms with Gasteiger partial charge in [-0.2, -0.15) is 0 Å². The highest BCUT2D eigenvalue weighted by atomic mass is 16.6. The highest BCUT2D eigenvalue weighted by Crippen LogP contribution is 2.29. The summed E-state index contributed by atoms with van der Waals surface area (Å²) < 4.78 is 10.7. The van der Waals surface area contributed by atoms with Crippen molar-refractivity contribution >= 4 is 18.0 Å². The van der Waals surface area contributed by atoms with E-state index in [4.69, 9.17) is 9.47 Å². The molecule has 1 saturated heterocycles. The molecule has 1 fully saturated rings. The first-order chi connectivity index (χ1) is 14.2. The van der Waals surface area contributed by atoms with Gasteiger partial charge in [0.15, 0.2) is 6.61 Å². The third-order valence-electron chi connectivity index (χ3n) is 5.46. The van der Waals surface area contributed by atoms with Crippen LogP contribution in [0.5, 0.6) is 0 Å². The molecular weight excluding hydrogens is 384 g/mol. The number of amides is 2. The summed E-state index contributed by atoms with van der Waals surface area (Å²) in [5.41, 5.74) is 1.82. The highest BCUT2D eigenvalue weighted by molar-refractivity contribution is 5.82. The Morgan fingerprint density at radius 1 is 1.13 bits per heavy atom. The first-order valence-corrected chi connectivity index (χ1v) is 10.7. The average Bonchev–Trinajstić information content (AvgIpc) is 2.71. The van der Waals surface area contributed by atoms with Gasteiger partial charge >= 0.3 is 12.1 Å². The standard InChI is InChI=1S/C23H32N2O5/c1-23(2,3)30-22(28)25-13-7-10-17(14-25)21(27)29-15-20(26)24-19-12-6-9-16-8-4-5-11-18(16)19/h4-5,8,11,17,19H,6-7,9-10,12-15H2,1-3H3,(H,24,26). The molecule has 3 rings (SSSR count). The molecule has 0 bridgehead atoms. The van der Waals surface area contributed by atoms with Gasteiger partial charge in [0, 0.05) is 13.1 Å². The zero-order chi connectivity index (χ0) is 21.7. The van der Waals surface area contributed by atoms with Gasteiger partial charge in [0.2, 0.25) is 0 Å². The van der Waals surface area contributed by atoms with Crippen molar-refractivity contribution in [2.24, 2.45) is 5.92 Å². The predicted octanol–water partition coefficient (Wildman–Crippen LogP) is 3.37. The molecule has 1 N–H and O–H groups in total. The summed E-state index contributed by atoms with van der Waals surface area (Å²) in [6.07, 6.45) is 3.83. The maximum atomic E-state index is 12.5. The van der Waals surface area contributed by atoms with Crippen molar-refractivity contribution in [3.8, 4) is 0 Å². The molecule has 2 unspecified atom stereocenters. The van der Waals surface area contributed by atoms with Crippen LogP contribution in [-0.4, -0.2) is 48.2 Å². The topological polar surface area (TPSA) is 84.9 Å². The molecule has 0 spiro atoms. The second-order valence-electron chi connectivity index (χ2n) is 9.08. The molecule has 30 heavy (non-hydrogen) atoms. The molecule has 1 aromatic rings. The number of likely N-dealkylation sites (tertiary alicyclic amines) is 1. The molecular formula is C23H32N2O5.